The van der Waals surface area contributed by atoms with Crippen molar-refractivity contribution in [2.75, 3.05) is 39.5 Å². The maximum absolute atomic E-state index is 11.2. The van der Waals surface area contributed by atoms with Crippen LogP contribution < -0.4 is 4.74 Å². The van der Waals surface area contributed by atoms with E-state index >= 15 is 0 Å². The van der Waals surface area contributed by atoms with Crippen LogP contribution in [0.25, 0.3) is 10.8 Å². The Kier molecular flexibility index (Phi) is 4.50. The molecule has 0 spiro atoms. The maximum atomic E-state index is 11.2. The van der Waals surface area contributed by atoms with Crippen LogP contribution in [0.15, 0.2) is 36.4 Å². The number of morpholine rings is 1. The highest BCUT2D eigenvalue weighted by molar-refractivity contribution is 5.91. The van der Waals surface area contributed by atoms with Crippen molar-refractivity contribution in [3.63, 3.8) is 0 Å². The lowest BCUT2D eigenvalue weighted by Gasteiger charge is -2.26. The number of hydrogen-bond acceptors (Lipinski definition) is 5. The Labute approximate surface area is 128 Å². The molecule has 1 aliphatic rings. The van der Waals surface area contributed by atoms with Crippen LogP contribution in [0, 0.1) is 10.1 Å². The zero-order valence-electron chi connectivity index (χ0n) is 12.2. The fourth-order valence-corrected chi connectivity index (χ4v) is 2.63. The van der Waals surface area contributed by atoms with Crippen LogP contribution in [0.1, 0.15) is 0 Å². The molecule has 2 aromatic carbocycles. The third kappa shape index (κ3) is 3.18. The summed E-state index contributed by atoms with van der Waals surface area (Å²) in [6.45, 7) is 4.38. The molecule has 0 amide bonds. The standard InChI is InChI=1S/C16H18N2O4/c19-18(20)15-6-5-13-3-1-2-4-14(13)16(15)22-12-9-17-7-10-21-11-8-17/h1-6H,7-12H2. The minimum absolute atomic E-state index is 0.0145. The quantitative estimate of drug-likeness (QED) is 0.627. The van der Waals surface area contributed by atoms with Crippen molar-refractivity contribution in [2.45, 2.75) is 0 Å². The van der Waals surface area contributed by atoms with E-state index in [1.54, 1.807) is 6.07 Å². The van der Waals surface area contributed by atoms with Gasteiger partial charge in [-0.2, -0.15) is 0 Å². The second-order valence-corrected chi connectivity index (χ2v) is 5.19. The largest absolute Gasteiger partial charge is 0.485 e. The molecular weight excluding hydrogens is 284 g/mol. The molecule has 2 aromatic rings. The number of nitro benzene ring substituents is 1. The molecule has 1 saturated heterocycles. The summed E-state index contributed by atoms with van der Waals surface area (Å²) in [6.07, 6.45) is 0. The van der Waals surface area contributed by atoms with Gasteiger partial charge in [0.2, 0.25) is 5.75 Å². The molecule has 0 saturated carbocycles. The lowest BCUT2D eigenvalue weighted by Crippen LogP contribution is -2.38. The topological polar surface area (TPSA) is 64.8 Å². The molecule has 6 nitrogen and oxygen atoms in total. The van der Waals surface area contributed by atoms with Gasteiger partial charge in [0.1, 0.15) is 6.61 Å². The Balaban J connectivity index is 1.78. The van der Waals surface area contributed by atoms with Crippen LogP contribution >= 0.6 is 0 Å². The summed E-state index contributed by atoms with van der Waals surface area (Å²) in [7, 11) is 0. The van der Waals surface area contributed by atoms with E-state index in [4.69, 9.17) is 9.47 Å². The molecule has 0 bridgehead atoms. The third-order valence-corrected chi connectivity index (χ3v) is 3.81. The molecule has 0 N–H and O–H groups in total. The van der Waals surface area contributed by atoms with Gasteiger partial charge in [0.15, 0.2) is 0 Å². The summed E-state index contributed by atoms with van der Waals surface area (Å²) in [5, 5.41) is 12.9. The van der Waals surface area contributed by atoms with Crippen LogP contribution in [-0.2, 0) is 4.74 Å². The first-order valence-electron chi connectivity index (χ1n) is 7.35. The van der Waals surface area contributed by atoms with E-state index in [-0.39, 0.29) is 5.69 Å². The third-order valence-electron chi connectivity index (χ3n) is 3.81. The smallest absolute Gasteiger partial charge is 0.311 e. The number of nitro groups is 1. The molecule has 1 fully saturated rings. The molecule has 0 radical (unpaired) electrons. The summed E-state index contributed by atoms with van der Waals surface area (Å²) in [4.78, 5) is 13.1. The van der Waals surface area contributed by atoms with Crippen LogP contribution in [0.2, 0.25) is 0 Å². The van der Waals surface area contributed by atoms with Gasteiger partial charge in [-0.3, -0.25) is 15.0 Å². The maximum Gasteiger partial charge on any atom is 0.311 e. The fraction of sp³-hybridized carbons (Fsp3) is 0.375. The molecule has 0 unspecified atom stereocenters. The molecule has 0 atom stereocenters. The van der Waals surface area contributed by atoms with Crippen molar-refractivity contribution < 1.29 is 14.4 Å². The first-order valence-corrected chi connectivity index (χ1v) is 7.35. The van der Waals surface area contributed by atoms with E-state index in [9.17, 15) is 10.1 Å². The first kappa shape index (κ1) is 14.7. The number of fused-ring (bicyclic) bond motifs is 1. The molecule has 1 heterocycles. The minimum atomic E-state index is -0.392. The van der Waals surface area contributed by atoms with Gasteiger partial charge >= 0.3 is 5.69 Å². The Morgan fingerprint density at radius 2 is 1.95 bits per heavy atom. The predicted octanol–water partition coefficient (Wildman–Crippen LogP) is 2.46. The van der Waals surface area contributed by atoms with E-state index in [0.717, 1.165) is 43.6 Å². The number of ether oxygens (including phenoxy) is 2. The fourth-order valence-electron chi connectivity index (χ4n) is 2.63. The van der Waals surface area contributed by atoms with Gasteiger partial charge in [-0.05, 0) is 11.5 Å². The molecule has 3 rings (SSSR count). The van der Waals surface area contributed by atoms with Crippen molar-refractivity contribution in [3.05, 3.63) is 46.5 Å². The number of hydrogen-bond donors (Lipinski definition) is 0. The zero-order valence-corrected chi connectivity index (χ0v) is 12.2. The van der Waals surface area contributed by atoms with Gasteiger partial charge < -0.3 is 9.47 Å². The van der Waals surface area contributed by atoms with Gasteiger partial charge in [0.05, 0.1) is 18.1 Å². The highest BCUT2D eigenvalue weighted by Crippen LogP contribution is 2.35. The molecule has 6 heteroatoms. The molecule has 0 aliphatic carbocycles. The molecular formula is C16H18N2O4. The Hall–Kier alpha value is -2.18. The second kappa shape index (κ2) is 6.72. The number of rotatable bonds is 5. The Bertz CT molecular complexity index is 668. The normalized spacial score (nSPS) is 15.8. The van der Waals surface area contributed by atoms with E-state index < -0.39 is 4.92 Å². The van der Waals surface area contributed by atoms with Crippen molar-refractivity contribution in [1.29, 1.82) is 0 Å². The van der Waals surface area contributed by atoms with Gasteiger partial charge in [0, 0.05) is 31.1 Å². The monoisotopic (exact) mass is 302 g/mol. The highest BCUT2D eigenvalue weighted by Gasteiger charge is 2.19. The van der Waals surface area contributed by atoms with E-state index in [1.165, 1.54) is 6.07 Å². The second-order valence-electron chi connectivity index (χ2n) is 5.19. The average molecular weight is 302 g/mol. The van der Waals surface area contributed by atoms with Crippen LogP contribution in [0.5, 0.6) is 5.75 Å². The molecule has 116 valence electrons. The average Bonchev–Trinajstić information content (AvgIpc) is 2.55. The van der Waals surface area contributed by atoms with Crippen molar-refractivity contribution in [1.82, 2.24) is 4.90 Å². The number of nitrogens with zero attached hydrogens (tertiary/aromatic N) is 2. The predicted molar refractivity (Wildman–Crippen MR) is 83.4 cm³/mol. The van der Waals surface area contributed by atoms with Crippen molar-refractivity contribution in [2.24, 2.45) is 0 Å². The zero-order chi connectivity index (χ0) is 15.4. The van der Waals surface area contributed by atoms with Gasteiger partial charge in [-0.25, -0.2) is 0 Å². The van der Waals surface area contributed by atoms with Crippen LogP contribution in [0.4, 0.5) is 5.69 Å². The van der Waals surface area contributed by atoms with Gasteiger partial charge in [-0.1, -0.05) is 24.3 Å². The van der Waals surface area contributed by atoms with Gasteiger partial charge in [0.25, 0.3) is 0 Å². The lowest BCUT2D eigenvalue weighted by atomic mass is 10.1. The summed E-state index contributed by atoms with van der Waals surface area (Å²) in [6, 6.07) is 10.8. The lowest BCUT2D eigenvalue weighted by molar-refractivity contribution is -0.385. The highest BCUT2D eigenvalue weighted by atomic mass is 16.6. The Morgan fingerprint density at radius 3 is 2.73 bits per heavy atom. The van der Waals surface area contributed by atoms with Crippen molar-refractivity contribution >= 4 is 16.5 Å². The Morgan fingerprint density at radius 1 is 1.18 bits per heavy atom. The number of benzene rings is 2. The van der Waals surface area contributed by atoms with E-state index in [2.05, 4.69) is 4.90 Å². The molecule has 0 aromatic heterocycles. The van der Waals surface area contributed by atoms with Crippen molar-refractivity contribution in [3.8, 4) is 5.75 Å². The van der Waals surface area contributed by atoms with Crippen LogP contribution in [0.3, 0.4) is 0 Å². The summed E-state index contributed by atoms with van der Waals surface area (Å²) >= 11 is 0. The van der Waals surface area contributed by atoms with E-state index in [0.29, 0.717) is 12.4 Å². The summed E-state index contributed by atoms with van der Waals surface area (Å²) in [5.74, 6) is 0.358. The first-order chi connectivity index (χ1) is 10.8. The molecule has 22 heavy (non-hydrogen) atoms. The van der Waals surface area contributed by atoms with E-state index in [1.807, 2.05) is 24.3 Å². The van der Waals surface area contributed by atoms with Crippen LogP contribution in [-0.4, -0.2) is 49.3 Å². The summed E-state index contributed by atoms with van der Waals surface area (Å²) in [5.41, 5.74) is 0.0145. The summed E-state index contributed by atoms with van der Waals surface area (Å²) < 4.78 is 11.1. The SMILES string of the molecule is O=[N+]([O-])c1ccc2ccccc2c1OCCN1CCOCC1. The minimum Gasteiger partial charge on any atom is -0.485 e. The van der Waals surface area contributed by atoms with Gasteiger partial charge in [-0.15, -0.1) is 0 Å². The molecule has 1 aliphatic heterocycles.